The van der Waals surface area contributed by atoms with E-state index in [1.54, 1.807) is 13.1 Å². The Bertz CT molecular complexity index is 262. The summed E-state index contributed by atoms with van der Waals surface area (Å²) in [6.45, 7) is 1.74. The Labute approximate surface area is 66.6 Å². The molecule has 0 aliphatic carbocycles. The third kappa shape index (κ3) is 1.39. The van der Waals surface area contributed by atoms with Crippen molar-refractivity contribution in [3.05, 3.63) is 22.2 Å². The highest BCUT2D eigenvalue weighted by atomic mass is 79.9. The predicted octanol–water partition coefficient (Wildman–Crippen LogP) is 1.36. The van der Waals surface area contributed by atoms with Gasteiger partial charge in [-0.05, 0) is 22.9 Å². The minimum Gasteiger partial charge on any atom is -0.296 e. The first-order valence-electron chi connectivity index (χ1n) is 2.68. The quantitative estimate of drug-likeness (QED) is 0.644. The number of halogens is 1. The summed E-state index contributed by atoms with van der Waals surface area (Å²) in [7, 11) is 0. The maximum atomic E-state index is 10.3. The second-order valence-electron chi connectivity index (χ2n) is 1.78. The number of aromatic nitrogens is 2. The Hall–Kier alpha value is -0.770. The molecular formula is C6H5BrN2O. The zero-order valence-corrected chi connectivity index (χ0v) is 6.92. The van der Waals surface area contributed by atoms with E-state index >= 15 is 0 Å². The zero-order chi connectivity index (χ0) is 7.56. The highest BCUT2D eigenvalue weighted by Crippen LogP contribution is 2.05. The molecule has 0 N–H and O–H groups in total. The molecule has 1 aromatic heterocycles. The Kier molecular flexibility index (Phi) is 2.11. The molecule has 4 heteroatoms. The van der Waals surface area contributed by atoms with Gasteiger partial charge in [-0.25, -0.2) is 4.98 Å². The van der Waals surface area contributed by atoms with Crippen LogP contribution in [0, 0.1) is 6.92 Å². The molecule has 0 amide bonds. The summed E-state index contributed by atoms with van der Waals surface area (Å²) in [4.78, 5) is 18.0. The summed E-state index contributed by atoms with van der Waals surface area (Å²) in [6, 6.07) is 0. The molecule has 0 radical (unpaired) electrons. The SMILES string of the molecule is Cc1ncc(Br)nc1C=O. The van der Waals surface area contributed by atoms with Crippen LogP contribution in [0.3, 0.4) is 0 Å². The number of carbonyl (C=O) groups excluding carboxylic acids is 1. The fourth-order valence-corrected chi connectivity index (χ4v) is 0.846. The van der Waals surface area contributed by atoms with Crippen LogP contribution in [0.4, 0.5) is 0 Å². The monoisotopic (exact) mass is 200 g/mol. The van der Waals surface area contributed by atoms with Gasteiger partial charge in [0, 0.05) is 0 Å². The summed E-state index contributed by atoms with van der Waals surface area (Å²) in [5.74, 6) is 0. The van der Waals surface area contributed by atoms with E-state index in [0.717, 1.165) is 0 Å². The van der Waals surface area contributed by atoms with Crippen molar-refractivity contribution in [3.8, 4) is 0 Å². The number of aryl methyl sites for hydroxylation is 1. The molecule has 0 unspecified atom stereocenters. The summed E-state index contributed by atoms with van der Waals surface area (Å²) in [5, 5.41) is 0. The summed E-state index contributed by atoms with van der Waals surface area (Å²) < 4.78 is 0.584. The topological polar surface area (TPSA) is 42.9 Å². The highest BCUT2D eigenvalue weighted by Gasteiger charge is 1.98. The van der Waals surface area contributed by atoms with Crippen LogP contribution in [0.2, 0.25) is 0 Å². The van der Waals surface area contributed by atoms with Gasteiger partial charge in [0.15, 0.2) is 6.29 Å². The minimum atomic E-state index is 0.384. The molecule has 0 aliphatic heterocycles. The van der Waals surface area contributed by atoms with Gasteiger partial charge in [-0.2, -0.15) is 0 Å². The molecular weight excluding hydrogens is 196 g/mol. The van der Waals surface area contributed by atoms with Crippen LogP contribution in [-0.2, 0) is 0 Å². The maximum Gasteiger partial charge on any atom is 0.170 e. The molecule has 3 nitrogen and oxygen atoms in total. The lowest BCUT2D eigenvalue weighted by molar-refractivity contribution is 0.111. The Balaban J connectivity index is 3.21. The first-order valence-corrected chi connectivity index (χ1v) is 3.47. The maximum absolute atomic E-state index is 10.3. The van der Waals surface area contributed by atoms with Gasteiger partial charge >= 0.3 is 0 Å². The number of aldehydes is 1. The normalized spacial score (nSPS) is 9.40. The number of rotatable bonds is 1. The molecule has 1 heterocycles. The van der Waals surface area contributed by atoms with Crippen LogP contribution in [0.1, 0.15) is 16.2 Å². The molecule has 0 saturated heterocycles. The Morgan fingerprint density at radius 2 is 2.40 bits per heavy atom. The van der Waals surface area contributed by atoms with Crippen molar-refractivity contribution in [2.24, 2.45) is 0 Å². The third-order valence-corrected chi connectivity index (χ3v) is 1.46. The number of carbonyl (C=O) groups is 1. The summed E-state index contributed by atoms with van der Waals surface area (Å²) in [6.07, 6.45) is 2.25. The van der Waals surface area contributed by atoms with E-state index in [4.69, 9.17) is 0 Å². The van der Waals surface area contributed by atoms with Crippen molar-refractivity contribution in [1.82, 2.24) is 9.97 Å². The minimum absolute atomic E-state index is 0.384. The smallest absolute Gasteiger partial charge is 0.170 e. The largest absolute Gasteiger partial charge is 0.296 e. The number of hydrogen-bond acceptors (Lipinski definition) is 3. The van der Waals surface area contributed by atoms with Gasteiger partial charge in [0.05, 0.1) is 11.9 Å². The van der Waals surface area contributed by atoms with Crippen molar-refractivity contribution in [2.75, 3.05) is 0 Å². The molecule has 52 valence electrons. The first kappa shape index (κ1) is 7.34. The van der Waals surface area contributed by atoms with Crippen LogP contribution in [-0.4, -0.2) is 16.3 Å². The lowest BCUT2D eigenvalue weighted by Gasteiger charge is -1.94. The fraction of sp³-hybridized carbons (Fsp3) is 0.167. The molecule has 0 atom stereocenters. The number of nitrogens with zero attached hydrogens (tertiary/aromatic N) is 2. The van der Waals surface area contributed by atoms with E-state index in [1.807, 2.05) is 0 Å². The van der Waals surface area contributed by atoms with E-state index < -0.39 is 0 Å². The third-order valence-electron chi connectivity index (χ3n) is 1.07. The van der Waals surface area contributed by atoms with Crippen LogP contribution in [0.5, 0.6) is 0 Å². The van der Waals surface area contributed by atoms with Gasteiger partial charge in [-0.3, -0.25) is 9.78 Å². The van der Waals surface area contributed by atoms with Crippen molar-refractivity contribution >= 4 is 22.2 Å². The second kappa shape index (κ2) is 2.88. The molecule has 1 rings (SSSR count). The van der Waals surface area contributed by atoms with E-state index in [2.05, 4.69) is 25.9 Å². The summed E-state index contributed by atoms with van der Waals surface area (Å²) in [5.41, 5.74) is 1.03. The first-order chi connectivity index (χ1) is 4.74. The fourth-order valence-electron chi connectivity index (χ4n) is 0.553. The zero-order valence-electron chi connectivity index (χ0n) is 5.34. The van der Waals surface area contributed by atoms with Crippen molar-refractivity contribution < 1.29 is 4.79 Å². The van der Waals surface area contributed by atoms with Gasteiger partial charge in [-0.15, -0.1) is 0 Å². The molecule has 0 saturated carbocycles. The van der Waals surface area contributed by atoms with Gasteiger partial charge < -0.3 is 0 Å². The Morgan fingerprint density at radius 3 is 2.90 bits per heavy atom. The van der Waals surface area contributed by atoms with Crippen LogP contribution >= 0.6 is 15.9 Å². The van der Waals surface area contributed by atoms with Crippen molar-refractivity contribution in [3.63, 3.8) is 0 Å². The van der Waals surface area contributed by atoms with E-state index in [-0.39, 0.29) is 0 Å². The molecule has 1 aromatic rings. The average Bonchev–Trinajstić information content (AvgIpc) is 1.94. The number of hydrogen-bond donors (Lipinski definition) is 0. The van der Waals surface area contributed by atoms with Crippen LogP contribution < -0.4 is 0 Å². The van der Waals surface area contributed by atoms with Gasteiger partial charge in [0.1, 0.15) is 10.3 Å². The molecule has 0 fully saturated rings. The van der Waals surface area contributed by atoms with Crippen LogP contribution in [0.15, 0.2) is 10.8 Å². The van der Waals surface area contributed by atoms with Crippen LogP contribution in [0.25, 0.3) is 0 Å². The molecule has 0 aromatic carbocycles. The summed E-state index contributed by atoms with van der Waals surface area (Å²) >= 11 is 3.10. The predicted molar refractivity (Wildman–Crippen MR) is 39.9 cm³/mol. The van der Waals surface area contributed by atoms with Gasteiger partial charge in [0.2, 0.25) is 0 Å². The molecule has 0 spiro atoms. The highest BCUT2D eigenvalue weighted by molar-refractivity contribution is 9.10. The van der Waals surface area contributed by atoms with E-state index in [0.29, 0.717) is 22.3 Å². The van der Waals surface area contributed by atoms with Crippen molar-refractivity contribution in [2.45, 2.75) is 6.92 Å². The lowest BCUT2D eigenvalue weighted by atomic mass is 10.3. The lowest BCUT2D eigenvalue weighted by Crippen LogP contribution is -1.94. The van der Waals surface area contributed by atoms with Gasteiger partial charge in [-0.1, -0.05) is 0 Å². The standard InChI is InChI=1S/C6H5BrN2O/c1-4-5(3-10)9-6(7)2-8-4/h2-3H,1H3. The molecule has 10 heavy (non-hydrogen) atoms. The molecule has 0 aliphatic rings. The van der Waals surface area contributed by atoms with Crippen molar-refractivity contribution in [1.29, 1.82) is 0 Å². The van der Waals surface area contributed by atoms with E-state index in [9.17, 15) is 4.79 Å². The average molecular weight is 201 g/mol. The second-order valence-corrected chi connectivity index (χ2v) is 2.59. The Morgan fingerprint density at radius 1 is 1.70 bits per heavy atom. The molecule has 0 bridgehead atoms. The van der Waals surface area contributed by atoms with Gasteiger partial charge in [0.25, 0.3) is 0 Å². The van der Waals surface area contributed by atoms with E-state index in [1.165, 1.54) is 0 Å².